The Hall–Kier alpha value is -1.44. The van der Waals surface area contributed by atoms with Crippen LogP contribution in [0.15, 0.2) is 35.2 Å². The lowest BCUT2D eigenvalue weighted by molar-refractivity contribution is -0.138. The first-order chi connectivity index (χ1) is 11.1. The summed E-state index contributed by atoms with van der Waals surface area (Å²) in [6.45, 7) is 1.46. The minimum absolute atomic E-state index is 0.0371. The molecule has 7 heteroatoms. The Balaban J connectivity index is 1.84. The predicted molar refractivity (Wildman–Crippen MR) is 85.3 cm³/mol. The zero-order valence-corrected chi connectivity index (χ0v) is 14.0. The van der Waals surface area contributed by atoms with Crippen molar-refractivity contribution in [3.8, 4) is 0 Å². The zero-order chi connectivity index (χ0) is 16.4. The molecule has 6 nitrogen and oxygen atoms in total. The maximum absolute atomic E-state index is 12.9. The Labute approximate surface area is 137 Å². The standard InChI is InChI=1S/C16H22N2O4S/c1-22-12-11-17-14-9-10-18(15(14)7-8-16(17)19)23(20,21)13-5-3-2-4-6-13/h2-6,14-15H,7-12H2,1H3/t14-,15-/m1/s1. The van der Waals surface area contributed by atoms with E-state index in [0.29, 0.717) is 43.9 Å². The Kier molecular flexibility index (Phi) is 4.70. The first kappa shape index (κ1) is 16.4. The first-order valence-electron chi connectivity index (χ1n) is 7.91. The maximum atomic E-state index is 12.9. The lowest BCUT2D eigenvalue weighted by atomic mass is 9.97. The molecular weight excluding hydrogens is 316 g/mol. The molecule has 0 N–H and O–H groups in total. The molecule has 2 saturated heterocycles. The van der Waals surface area contributed by atoms with Crippen LogP contribution >= 0.6 is 0 Å². The molecule has 1 aromatic carbocycles. The van der Waals surface area contributed by atoms with Crippen LogP contribution in [0.2, 0.25) is 0 Å². The molecule has 2 aliphatic rings. The summed E-state index contributed by atoms with van der Waals surface area (Å²) in [4.78, 5) is 14.3. The number of fused-ring (bicyclic) bond motifs is 1. The number of nitrogens with zero attached hydrogens (tertiary/aromatic N) is 2. The van der Waals surface area contributed by atoms with Crippen molar-refractivity contribution in [2.75, 3.05) is 26.8 Å². The SMILES string of the molecule is COCCN1C(=O)CC[C@@H]2[C@H]1CCN2S(=O)(=O)c1ccccc1. The van der Waals surface area contributed by atoms with Gasteiger partial charge in [-0.3, -0.25) is 4.79 Å². The number of ether oxygens (including phenoxy) is 1. The summed E-state index contributed by atoms with van der Waals surface area (Å²) in [6.07, 6.45) is 1.68. The van der Waals surface area contributed by atoms with Gasteiger partial charge in [0, 0.05) is 38.7 Å². The van der Waals surface area contributed by atoms with E-state index in [4.69, 9.17) is 4.74 Å². The number of likely N-dealkylation sites (tertiary alicyclic amines) is 1. The van der Waals surface area contributed by atoms with Crippen molar-refractivity contribution in [1.82, 2.24) is 9.21 Å². The lowest BCUT2D eigenvalue weighted by Gasteiger charge is -2.39. The van der Waals surface area contributed by atoms with Gasteiger partial charge in [0.25, 0.3) is 0 Å². The van der Waals surface area contributed by atoms with E-state index in [0.717, 1.165) is 0 Å². The summed E-state index contributed by atoms with van der Waals surface area (Å²) in [5.41, 5.74) is 0. The largest absolute Gasteiger partial charge is 0.383 e. The molecule has 0 saturated carbocycles. The normalized spacial score (nSPS) is 25.6. The summed E-state index contributed by atoms with van der Waals surface area (Å²) in [7, 11) is -1.90. The van der Waals surface area contributed by atoms with Gasteiger partial charge >= 0.3 is 0 Å². The van der Waals surface area contributed by atoms with Crippen LogP contribution in [-0.4, -0.2) is 62.4 Å². The summed E-state index contributed by atoms with van der Waals surface area (Å²) < 4.78 is 32.4. The number of amides is 1. The first-order valence-corrected chi connectivity index (χ1v) is 9.35. The van der Waals surface area contributed by atoms with Gasteiger partial charge in [-0.05, 0) is 25.0 Å². The molecule has 3 rings (SSSR count). The highest BCUT2D eigenvalue weighted by Crippen LogP contribution is 2.35. The highest BCUT2D eigenvalue weighted by Gasteiger charge is 2.47. The second-order valence-corrected chi connectivity index (χ2v) is 7.86. The van der Waals surface area contributed by atoms with Gasteiger partial charge in [0.1, 0.15) is 0 Å². The molecule has 0 unspecified atom stereocenters. The van der Waals surface area contributed by atoms with Crippen molar-refractivity contribution in [1.29, 1.82) is 0 Å². The van der Waals surface area contributed by atoms with Crippen LogP contribution < -0.4 is 0 Å². The smallest absolute Gasteiger partial charge is 0.243 e. The molecule has 0 aromatic heterocycles. The highest BCUT2D eigenvalue weighted by atomic mass is 32.2. The average molecular weight is 338 g/mol. The second-order valence-electron chi connectivity index (χ2n) is 5.97. The van der Waals surface area contributed by atoms with E-state index in [1.54, 1.807) is 46.6 Å². The van der Waals surface area contributed by atoms with Gasteiger partial charge in [-0.25, -0.2) is 8.42 Å². The van der Waals surface area contributed by atoms with Gasteiger partial charge in [0.2, 0.25) is 15.9 Å². The van der Waals surface area contributed by atoms with Gasteiger partial charge in [-0.15, -0.1) is 0 Å². The van der Waals surface area contributed by atoms with Gasteiger partial charge in [0.15, 0.2) is 0 Å². The Morgan fingerprint density at radius 3 is 2.61 bits per heavy atom. The quantitative estimate of drug-likeness (QED) is 0.806. The van der Waals surface area contributed by atoms with Crippen LogP contribution in [0, 0.1) is 0 Å². The van der Waals surface area contributed by atoms with Crippen molar-refractivity contribution in [2.24, 2.45) is 0 Å². The number of methoxy groups -OCH3 is 1. The fourth-order valence-corrected chi connectivity index (χ4v) is 5.34. The second kappa shape index (κ2) is 6.59. The van der Waals surface area contributed by atoms with Crippen LogP contribution in [-0.2, 0) is 19.6 Å². The number of carbonyl (C=O) groups excluding carboxylic acids is 1. The molecule has 2 heterocycles. The minimum Gasteiger partial charge on any atom is -0.383 e. The topological polar surface area (TPSA) is 66.9 Å². The van der Waals surface area contributed by atoms with Crippen LogP contribution in [0.3, 0.4) is 0 Å². The third-order valence-corrected chi connectivity index (χ3v) is 6.66. The van der Waals surface area contributed by atoms with Crippen molar-refractivity contribution in [3.63, 3.8) is 0 Å². The summed E-state index contributed by atoms with van der Waals surface area (Å²) in [5.74, 6) is 0.0993. The molecule has 2 aliphatic heterocycles. The van der Waals surface area contributed by atoms with Crippen molar-refractivity contribution in [3.05, 3.63) is 30.3 Å². The molecule has 2 fully saturated rings. The molecule has 1 amide bonds. The Morgan fingerprint density at radius 2 is 1.91 bits per heavy atom. The lowest BCUT2D eigenvalue weighted by Crippen LogP contribution is -2.53. The number of piperidine rings is 1. The Morgan fingerprint density at radius 1 is 1.17 bits per heavy atom. The number of sulfonamides is 1. The maximum Gasteiger partial charge on any atom is 0.243 e. The Bertz CT molecular complexity index is 662. The van der Waals surface area contributed by atoms with Crippen LogP contribution in [0.4, 0.5) is 0 Å². The highest BCUT2D eigenvalue weighted by molar-refractivity contribution is 7.89. The number of carbonyl (C=O) groups is 1. The molecule has 2 atom stereocenters. The van der Waals surface area contributed by atoms with Crippen LogP contribution in [0.1, 0.15) is 19.3 Å². The fourth-order valence-electron chi connectivity index (χ4n) is 3.62. The van der Waals surface area contributed by atoms with Gasteiger partial charge < -0.3 is 9.64 Å². The molecule has 126 valence electrons. The van der Waals surface area contributed by atoms with Crippen molar-refractivity contribution < 1.29 is 17.9 Å². The van der Waals surface area contributed by atoms with Crippen molar-refractivity contribution in [2.45, 2.75) is 36.2 Å². The molecular formula is C16H22N2O4S. The molecule has 1 aromatic rings. The number of hydrogen-bond acceptors (Lipinski definition) is 4. The van der Waals surface area contributed by atoms with E-state index in [1.165, 1.54) is 0 Å². The van der Waals surface area contributed by atoms with Crippen molar-refractivity contribution >= 4 is 15.9 Å². The molecule has 0 spiro atoms. The van der Waals surface area contributed by atoms with Crippen LogP contribution in [0.5, 0.6) is 0 Å². The van der Waals surface area contributed by atoms with Crippen LogP contribution in [0.25, 0.3) is 0 Å². The van der Waals surface area contributed by atoms with E-state index in [9.17, 15) is 13.2 Å². The molecule has 0 aliphatic carbocycles. The van der Waals surface area contributed by atoms with E-state index < -0.39 is 10.0 Å². The fraction of sp³-hybridized carbons (Fsp3) is 0.562. The van der Waals surface area contributed by atoms with E-state index in [2.05, 4.69) is 0 Å². The molecule has 0 radical (unpaired) electrons. The predicted octanol–water partition coefficient (Wildman–Crippen LogP) is 1.09. The van der Waals surface area contributed by atoms with E-state index in [1.807, 2.05) is 0 Å². The third kappa shape index (κ3) is 3.00. The number of rotatable bonds is 5. The molecule has 0 bridgehead atoms. The third-order valence-electron chi connectivity index (χ3n) is 4.72. The van der Waals surface area contributed by atoms with Gasteiger partial charge in [-0.1, -0.05) is 18.2 Å². The monoisotopic (exact) mass is 338 g/mol. The number of benzene rings is 1. The summed E-state index contributed by atoms with van der Waals surface area (Å²) >= 11 is 0. The molecule has 23 heavy (non-hydrogen) atoms. The summed E-state index contributed by atoms with van der Waals surface area (Å²) in [5, 5.41) is 0. The number of hydrogen-bond donors (Lipinski definition) is 0. The van der Waals surface area contributed by atoms with E-state index >= 15 is 0 Å². The summed E-state index contributed by atoms with van der Waals surface area (Å²) in [6, 6.07) is 8.35. The minimum atomic E-state index is -3.51. The van der Waals surface area contributed by atoms with Gasteiger partial charge in [0.05, 0.1) is 11.5 Å². The average Bonchev–Trinajstić information content (AvgIpc) is 2.99. The zero-order valence-electron chi connectivity index (χ0n) is 13.2. The van der Waals surface area contributed by atoms with E-state index in [-0.39, 0.29) is 18.0 Å². The van der Waals surface area contributed by atoms with Gasteiger partial charge in [-0.2, -0.15) is 4.31 Å².